The second kappa shape index (κ2) is 11.2. The van der Waals surface area contributed by atoms with Crippen LogP contribution >= 0.6 is 11.6 Å². The molecule has 0 radical (unpaired) electrons. The van der Waals surface area contributed by atoms with Crippen LogP contribution in [0.5, 0.6) is 0 Å². The fraction of sp³-hybridized carbons (Fsp3) is 0.448. The number of alkyl halides is 3. The van der Waals surface area contributed by atoms with Crippen LogP contribution in [0.1, 0.15) is 53.6 Å². The molecule has 9 heteroatoms. The number of carbonyl (C=O) groups excluding carboxylic acids is 1. The highest BCUT2D eigenvalue weighted by atomic mass is 35.5. The number of esters is 1. The van der Waals surface area contributed by atoms with Crippen LogP contribution in [0, 0.1) is 0 Å². The summed E-state index contributed by atoms with van der Waals surface area (Å²) in [6, 6.07) is 10.7. The summed E-state index contributed by atoms with van der Waals surface area (Å²) in [5, 5.41) is 0.985. The molecule has 2 fully saturated rings. The molecular formula is C29H31ClF3N3O2. The third-order valence-corrected chi connectivity index (χ3v) is 7.98. The van der Waals surface area contributed by atoms with Gasteiger partial charge in [0.25, 0.3) is 0 Å². The van der Waals surface area contributed by atoms with E-state index >= 15 is 0 Å². The number of ether oxygens (including phenoxy) is 1. The molecule has 0 bridgehead atoms. The average molecular weight is 546 g/mol. The third-order valence-electron chi connectivity index (χ3n) is 7.75. The van der Waals surface area contributed by atoms with Crippen molar-refractivity contribution in [1.29, 1.82) is 0 Å². The summed E-state index contributed by atoms with van der Waals surface area (Å²) in [5.74, 6) is -0.550. The van der Waals surface area contributed by atoms with Crippen LogP contribution in [-0.2, 0) is 17.5 Å². The van der Waals surface area contributed by atoms with Crippen LogP contribution in [0.15, 0.2) is 42.5 Å². The molecule has 0 atom stereocenters. The van der Waals surface area contributed by atoms with Gasteiger partial charge in [-0.2, -0.15) is 13.2 Å². The average Bonchev–Trinajstić information content (AvgIpc) is 2.93. The van der Waals surface area contributed by atoms with Crippen molar-refractivity contribution in [3.05, 3.63) is 64.2 Å². The minimum Gasteiger partial charge on any atom is -0.465 e. The van der Waals surface area contributed by atoms with Crippen molar-refractivity contribution >= 4 is 28.5 Å². The van der Waals surface area contributed by atoms with E-state index in [0.29, 0.717) is 50.9 Å². The Labute approximate surface area is 225 Å². The van der Waals surface area contributed by atoms with E-state index in [9.17, 15) is 18.0 Å². The van der Waals surface area contributed by atoms with Crippen molar-refractivity contribution in [1.82, 2.24) is 14.8 Å². The maximum atomic E-state index is 13.6. The first-order chi connectivity index (χ1) is 18.2. The normalized spacial score (nSPS) is 18.1. The molecular weight excluding hydrogens is 515 g/mol. The zero-order valence-corrected chi connectivity index (χ0v) is 22.1. The Morgan fingerprint density at radius 2 is 1.79 bits per heavy atom. The van der Waals surface area contributed by atoms with Gasteiger partial charge in [-0.15, -0.1) is 0 Å². The van der Waals surface area contributed by atoms with Crippen molar-refractivity contribution in [3.8, 4) is 11.3 Å². The van der Waals surface area contributed by atoms with E-state index in [1.807, 2.05) is 0 Å². The molecule has 0 N–H and O–H groups in total. The number of halogens is 4. The van der Waals surface area contributed by atoms with Crippen LogP contribution in [0.2, 0.25) is 5.02 Å². The van der Waals surface area contributed by atoms with Crippen molar-refractivity contribution in [2.24, 2.45) is 0 Å². The first-order valence-corrected chi connectivity index (χ1v) is 13.5. The maximum Gasteiger partial charge on any atom is 0.416 e. The lowest BCUT2D eigenvalue weighted by Gasteiger charge is -2.40. The first-order valence-electron chi connectivity index (χ1n) is 13.1. The highest BCUT2D eigenvalue weighted by molar-refractivity contribution is 6.31. The van der Waals surface area contributed by atoms with Crippen LogP contribution < -0.4 is 0 Å². The van der Waals surface area contributed by atoms with Gasteiger partial charge in [0.15, 0.2) is 0 Å². The third kappa shape index (κ3) is 5.67. The largest absolute Gasteiger partial charge is 0.465 e. The molecule has 3 aromatic rings. The Kier molecular flexibility index (Phi) is 7.93. The topological polar surface area (TPSA) is 45.7 Å². The summed E-state index contributed by atoms with van der Waals surface area (Å²) < 4.78 is 45.9. The monoisotopic (exact) mass is 545 g/mol. The number of nitrogens with zero attached hydrogens (tertiary/aromatic N) is 3. The summed E-state index contributed by atoms with van der Waals surface area (Å²) in [6.45, 7) is 4.35. The number of rotatable bonds is 5. The van der Waals surface area contributed by atoms with Gasteiger partial charge in [-0.05, 0) is 76.1 Å². The summed E-state index contributed by atoms with van der Waals surface area (Å²) in [4.78, 5) is 22.8. The summed E-state index contributed by atoms with van der Waals surface area (Å²) >= 11 is 6.22. The number of methoxy groups -OCH3 is 1. The number of hydrogen-bond acceptors (Lipinski definition) is 5. The predicted molar refractivity (Wildman–Crippen MR) is 142 cm³/mol. The van der Waals surface area contributed by atoms with Gasteiger partial charge in [0, 0.05) is 34.1 Å². The zero-order chi connectivity index (χ0) is 26.9. The van der Waals surface area contributed by atoms with Gasteiger partial charge in [0.2, 0.25) is 0 Å². The Hall–Kier alpha value is -2.68. The van der Waals surface area contributed by atoms with Crippen LogP contribution in [0.3, 0.4) is 0 Å². The van der Waals surface area contributed by atoms with E-state index in [1.54, 1.807) is 24.3 Å². The Morgan fingerprint density at radius 3 is 2.47 bits per heavy atom. The lowest BCUT2D eigenvalue weighted by molar-refractivity contribution is -0.137. The molecule has 0 unspecified atom stereocenters. The van der Waals surface area contributed by atoms with Gasteiger partial charge < -0.3 is 9.64 Å². The van der Waals surface area contributed by atoms with E-state index in [1.165, 1.54) is 32.4 Å². The van der Waals surface area contributed by atoms with E-state index < -0.39 is 17.7 Å². The fourth-order valence-corrected chi connectivity index (χ4v) is 5.96. The number of benzene rings is 2. The first kappa shape index (κ1) is 26.9. The zero-order valence-electron chi connectivity index (χ0n) is 21.4. The molecule has 0 aliphatic carbocycles. The van der Waals surface area contributed by atoms with Crippen LogP contribution in [0.4, 0.5) is 13.2 Å². The smallest absolute Gasteiger partial charge is 0.416 e. The second-order valence-electron chi connectivity index (χ2n) is 10.1. The highest BCUT2D eigenvalue weighted by Gasteiger charge is 2.32. The summed E-state index contributed by atoms with van der Waals surface area (Å²) in [7, 11) is 1.31. The molecule has 1 aromatic heterocycles. The molecule has 2 aliphatic heterocycles. The van der Waals surface area contributed by atoms with Gasteiger partial charge in [-0.3, -0.25) is 4.90 Å². The van der Waals surface area contributed by atoms with Crippen LogP contribution in [0.25, 0.3) is 22.2 Å². The predicted octanol–water partition coefficient (Wildman–Crippen LogP) is 6.81. The summed E-state index contributed by atoms with van der Waals surface area (Å²) in [6.07, 6.45) is 1.32. The van der Waals surface area contributed by atoms with Gasteiger partial charge in [0.1, 0.15) is 0 Å². The molecule has 2 saturated heterocycles. The van der Waals surface area contributed by atoms with Crippen molar-refractivity contribution in [2.45, 2.75) is 50.9 Å². The van der Waals surface area contributed by atoms with E-state index in [4.69, 9.17) is 21.3 Å². The van der Waals surface area contributed by atoms with Gasteiger partial charge in [0.05, 0.1) is 29.4 Å². The van der Waals surface area contributed by atoms with Crippen LogP contribution in [-0.4, -0.2) is 60.1 Å². The van der Waals surface area contributed by atoms with Crippen molar-refractivity contribution in [3.63, 3.8) is 0 Å². The molecule has 2 aliphatic rings. The molecule has 202 valence electrons. The number of hydrogen-bond donors (Lipinski definition) is 0. The van der Waals surface area contributed by atoms with Gasteiger partial charge >= 0.3 is 12.1 Å². The van der Waals surface area contributed by atoms with Crippen molar-refractivity contribution < 1.29 is 22.7 Å². The molecule has 0 amide bonds. The van der Waals surface area contributed by atoms with E-state index in [0.717, 1.165) is 51.2 Å². The Bertz CT molecular complexity index is 1320. The quantitative estimate of drug-likeness (QED) is 0.330. The number of fused-ring (bicyclic) bond motifs is 1. The maximum absolute atomic E-state index is 13.6. The Balaban J connectivity index is 1.56. The highest BCUT2D eigenvalue weighted by Crippen LogP contribution is 2.37. The molecule has 0 spiro atoms. The summed E-state index contributed by atoms with van der Waals surface area (Å²) in [5.41, 5.74) is 1.19. The molecule has 5 rings (SSSR count). The molecule has 0 saturated carbocycles. The number of likely N-dealkylation sites (tertiary alicyclic amines) is 2. The number of piperidine rings is 2. The standard InChI is InChI=1S/C29H31ClF3N3O2/c1-38-28(37)26-23-9-8-21(30)17-25(23)34-27(19-6-5-7-20(16-19)29(31,32)33)24(26)18-35-14-10-22(11-15-35)36-12-3-2-4-13-36/h5-9,16-17,22H,2-4,10-15,18H2,1H3. The number of aromatic nitrogens is 1. The molecule has 2 aromatic carbocycles. The lowest BCUT2D eigenvalue weighted by Crippen LogP contribution is -2.46. The minimum absolute atomic E-state index is 0.296. The molecule has 5 nitrogen and oxygen atoms in total. The van der Waals surface area contributed by atoms with E-state index in [-0.39, 0.29) is 0 Å². The van der Waals surface area contributed by atoms with Crippen molar-refractivity contribution in [2.75, 3.05) is 33.3 Å². The molecule has 38 heavy (non-hydrogen) atoms. The van der Waals surface area contributed by atoms with E-state index in [2.05, 4.69) is 9.80 Å². The Morgan fingerprint density at radius 1 is 1.05 bits per heavy atom. The van der Waals surface area contributed by atoms with Gasteiger partial charge in [-0.1, -0.05) is 36.2 Å². The number of carbonyl (C=O) groups is 1. The molecule has 3 heterocycles. The second-order valence-corrected chi connectivity index (χ2v) is 10.6. The fourth-order valence-electron chi connectivity index (χ4n) is 5.80. The minimum atomic E-state index is -4.50. The van der Waals surface area contributed by atoms with Gasteiger partial charge in [-0.25, -0.2) is 9.78 Å². The number of pyridine rings is 1. The SMILES string of the molecule is COC(=O)c1c(CN2CCC(N3CCCCC3)CC2)c(-c2cccc(C(F)(F)F)c2)nc2cc(Cl)ccc12. The lowest BCUT2D eigenvalue weighted by atomic mass is 9.94.